The molecule has 0 saturated heterocycles. The lowest BCUT2D eigenvalue weighted by atomic mass is 9.95. The molecule has 0 aliphatic rings. The predicted octanol–water partition coefficient (Wildman–Crippen LogP) is 14.6. The predicted molar refractivity (Wildman–Crippen MR) is 222 cm³/mol. The molecule has 0 fully saturated rings. The molecular weight excluding hydrogens is 647 g/mol. The summed E-state index contributed by atoms with van der Waals surface area (Å²) in [6.45, 7) is 0. The molecule has 3 nitrogen and oxygen atoms in total. The van der Waals surface area contributed by atoms with Crippen LogP contribution in [0.25, 0.3) is 87.7 Å². The molecule has 53 heavy (non-hydrogen) atoms. The number of hydrogen-bond donors (Lipinski definition) is 0. The van der Waals surface area contributed by atoms with Crippen LogP contribution in [0.3, 0.4) is 0 Å². The molecule has 0 bridgehead atoms. The zero-order valence-electron chi connectivity index (χ0n) is 28.7. The van der Waals surface area contributed by atoms with Gasteiger partial charge >= 0.3 is 0 Å². The second kappa shape index (κ2) is 11.7. The summed E-state index contributed by atoms with van der Waals surface area (Å²) in [6, 6.07) is 66.8. The van der Waals surface area contributed by atoms with Crippen molar-refractivity contribution in [1.82, 2.24) is 0 Å². The van der Waals surface area contributed by atoms with E-state index in [1.807, 2.05) is 12.1 Å². The Morgan fingerprint density at radius 2 is 0.981 bits per heavy atom. The van der Waals surface area contributed by atoms with Gasteiger partial charge in [-0.3, -0.25) is 0 Å². The van der Waals surface area contributed by atoms with Gasteiger partial charge in [-0.25, -0.2) is 0 Å². The third kappa shape index (κ3) is 4.75. The van der Waals surface area contributed by atoms with Crippen molar-refractivity contribution in [1.29, 1.82) is 0 Å². The van der Waals surface area contributed by atoms with Crippen LogP contribution in [0.2, 0.25) is 0 Å². The fourth-order valence-corrected chi connectivity index (χ4v) is 8.15. The van der Waals surface area contributed by atoms with Crippen LogP contribution in [-0.2, 0) is 0 Å². The molecule has 0 aliphatic heterocycles. The Morgan fingerprint density at radius 3 is 1.87 bits per heavy atom. The largest absolute Gasteiger partial charge is 0.456 e. The summed E-state index contributed by atoms with van der Waals surface area (Å²) >= 11 is 0. The minimum atomic E-state index is 0.852. The van der Waals surface area contributed by atoms with Gasteiger partial charge in [0, 0.05) is 39.0 Å². The summed E-state index contributed by atoms with van der Waals surface area (Å²) in [4.78, 5) is 2.33. The average Bonchev–Trinajstić information content (AvgIpc) is 3.80. The van der Waals surface area contributed by atoms with E-state index < -0.39 is 0 Å². The maximum atomic E-state index is 6.64. The quantitative estimate of drug-likeness (QED) is 0.182. The van der Waals surface area contributed by atoms with Gasteiger partial charge < -0.3 is 13.7 Å². The number of benzene rings is 9. The van der Waals surface area contributed by atoms with E-state index >= 15 is 0 Å². The van der Waals surface area contributed by atoms with Gasteiger partial charge in [0.2, 0.25) is 0 Å². The molecule has 0 atom stereocenters. The van der Waals surface area contributed by atoms with Gasteiger partial charge in [0.1, 0.15) is 22.3 Å². The van der Waals surface area contributed by atoms with E-state index in [0.29, 0.717) is 0 Å². The molecule has 11 aromatic rings. The minimum Gasteiger partial charge on any atom is -0.456 e. The van der Waals surface area contributed by atoms with Crippen LogP contribution < -0.4 is 4.90 Å². The van der Waals surface area contributed by atoms with E-state index in [-0.39, 0.29) is 0 Å². The van der Waals surface area contributed by atoms with E-state index in [0.717, 1.165) is 77.3 Å². The first-order chi connectivity index (χ1) is 26.3. The molecule has 2 heterocycles. The van der Waals surface area contributed by atoms with Crippen LogP contribution in [0.4, 0.5) is 17.1 Å². The smallest absolute Gasteiger partial charge is 0.143 e. The molecule has 2 aromatic heterocycles. The van der Waals surface area contributed by atoms with Gasteiger partial charge in [-0.05, 0) is 93.0 Å². The van der Waals surface area contributed by atoms with Crippen LogP contribution in [0, 0.1) is 0 Å². The Hall–Kier alpha value is -7.10. The first-order valence-corrected chi connectivity index (χ1v) is 18.0. The monoisotopic (exact) mass is 677 g/mol. The first kappa shape index (κ1) is 29.6. The van der Waals surface area contributed by atoms with Crippen LogP contribution in [0.1, 0.15) is 0 Å². The second-order valence-corrected chi connectivity index (χ2v) is 13.7. The van der Waals surface area contributed by atoms with Crippen molar-refractivity contribution < 1.29 is 8.83 Å². The van der Waals surface area contributed by atoms with Crippen molar-refractivity contribution in [2.24, 2.45) is 0 Å². The summed E-state index contributed by atoms with van der Waals surface area (Å²) in [6.07, 6.45) is 0. The van der Waals surface area contributed by atoms with E-state index in [1.165, 1.54) is 27.5 Å². The van der Waals surface area contributed by atoms with Crippen molar-refractivity contribution in [3.05, 3.63) is 188 Å². The zero-order chi connectivity index (χ0) is 34.9. The molecule has 0 aliphatic carbocycles. The Bertz CT molecular complexity index is 3180. The molecule has 0 amide bonds. The normalized spacial score (nSPS) is 11.8. The van der Waals surface area contributed by atoms with Crippen molar-refractivity contribution >= 4 is 82.5 Å². The number of nitrogens with zero attached hydrogens (tertiary/aromatic N) is 1. The number of anilines is 3. The first-order valence-electron chi connectivity index (χ1n) is 18.0. The van der Waals surface area contributed by atoms with E-state index in [9.17, 15) is 0 Å². The highest BCUT2D eigenvalue weighted by Gasteiger charge is 2.21. The highest BCUT2D eigenvalue weighted by atomic mass is 16.3. The Kier molecular flexibility index (Phi) is 6.55. The summed E-state index contributed by atoms with van der Waals surface area (Å²) in [7, 11) is 0. The van der Waals surface area contributed by atoms with E-state index in [2.05, 4.69) is 181 Å². The van der Waals surface area contributed by atoms with Gasteiger partial charge in [0.25, 0.3) is 0 Å². The van der Waals surface area contributed by atoms with Crippen molar-refractivity contribution in [2.75, 3.05) is 4.90 Å². The van der Waals surface area contributed by atoms with Gasteiger partial charge in [0.15, 0.2) is 0 Å². The van der Waals surface area contributed by atoms with Crippen molar-refractivity contribution in [3.63, 3.8) is 0 Å². The van der Waals surface area contributed by atoms with Crippen LogP contribution in [0.5, 0.6) is 0 Å². The Morgan fingerprint density at radius 1 is 0.340 bits per heavy atom. The lowest BCUT2D eigenvalue weighted by Crippen LogP contribution is -2.10. The second-order valence-electron chi connectivity index (χ2n) is 13.7. The molecule has 0 unspecified atom stereocenters. The SMILES string of the molecule is c1cc(-c2ccc(N(c3ccc4c(c3)oc3ccccc34)c3cccc4oc5c6ccccc6ccc5c34)cc2)cc(-c2cccc3ccccc23)c1. The summed E-state index contributed by atoms with van der Waals surface area (Å²) in [5, 5.41) is 9.15. The Labute approximate surface area is 305 Å². The van der Waals surface area contributed by atoms with Gasteiger partial charge in [-0.15, -0.1) is 0 Å². The maximum Gasteiger partial charge on any atom is 0.143 e. The van der Waals surface area contributed by atoms with Gasteiger partial charge in [-0.2, -0.15) is 0 Å². The van der Waals surface area contributed by atoms with Gasteiger partial charge in [0.05, 0.1) is 11.1 Å². The molecule has 0 radical (unpaired) electrons. The molecular formula is C50H31NO2. The Balaban J connectivity index is 1.08. The molecule has 0 saturated carbocycles. The molecule has 0 spiro atoms. The fourth-order valence-electron chi connectivity index (χ4n) is 8.15. The number of rotatable bonds is 5. The van der Waals surface area contributed by atoms with E-state index in [4.69, 9.17) is 8.83 Å². The lowest BCUT2D eigenvalue weighted by molar-refractivity contribution is 0.669. The summed E-state index contributed by atoms with van der Waals surface area (Å²) in [5.74, 6) is 0. The topological polar surface area (TPSA) is 29.5 Å². The molecule has 9 aromatic carbocycles. The number of hydrogen-bond acceptors (Lipinski definition) is 3. The zero-order valence-corrected chi connectivity index (χ0v) is 28.7. The number of furan rings is 2. The van der Waals surface area contributed by atoms with Crippen LogP contribution in [0.15, 0.2) is 197 Å². The van der Waals surface area contributed by atoms with E-state index in [1.54, 1.807) is 0 Å². The standard InChI is InChI=1S/C50H31NO2/c1-3-15-39-33(10-1)12-8-18-40(39)36-14-7-13-35(30-36)32-22-25-37(26-23-32)51(38-27-29-43-42-17-5-6-20-46(42)52-48(43)31-38)45-19-9-21-47-49(45)44-28-24-34-11-2-4-16-41(34)50(44)53-47/h1-31H. The maximum absolute atomic E-state index is 6.64. The van der Waals surface area contributed by atoms with Gasteiger partial charge in [-0.1, -0.05) is 127 Å². The molecule has 11 rings (SSSR count). The molecule has 3 heteroatoms. The number of fused-ring (bicyclic) bond motifs is 9. The molecule has 248 valence electrons. The molecule has 0 N–H and O–H groups in total. The highest BCUT2D eigenvalue weighted by Crippen LogP contribution is 2.45. The van der Waals surface area contributed by atoms with Crippen molar-refractivity contribution in [2.45, 2.75) is 0 Å². The number of para-hydroxylation sites is 1. The minimum absolute atomic E-state index is 0.852. The lowest BCUT2D eigenvalue weighted by Gasteiger charge is -2.26. The summed E-state index contributed by atoms with van der Waals surface area (Å²) in [5.41, 5.74) is 11.3. The van der Waals surface area contributed by atoms with Crippen LogP contribution in [-0.4, -0.2) is 0 Å². The fraction of sp³-hybridized carbons (Fsp3) is 0. The third-order valence-corrected chi connectivity index (χ3v) is 10.6. The van der Waals surface area contributed by atoms with Crippen molar-refractivity contribution in [3.8, 4) is 22.3 Å². The summed E-state index contributed by atoms with van der Waals surface area (Å²) < 4.78 is 13.1. The van der Waals surface area contributed by atoms with Crippen LogP contribution >= 0.6 is 0 Å². The average molecular weight is 678 g/mol. The highest BCUT2D eigenvalue weighted by molar-refractivity contribution is 6.19. The third-order valence-electron chi connectivity index (χ3n) is 10.6.